The van der Waals surface area contributed by atoms with Gasteiger partial charge in [0, 0.05) is 34.0 Å². The molecule has 0 bridgehead atoms. The Morgan fingerprint density at radius 2 is 1.96 bits per heavy atom. The van der Waals surface area contributed by atoms with Crippen molar-refractivity contribution in [3.63, 3.8) is 0 Å². The van der Waals surface area contributed by atoms with Crippen LogP contribution in [0.3, 0.4) is 0 Å². The van der Waals surface area contributed by atoms with Crippen molar-refractivity contribution in [2.24, 2.45) is 0 Å². The van der Waals surface area contributed by atoms with Crippen LogP contribution in [0.5, 0.6) is 5.75 Å². The number of benzene rings is 2. The van der Waals surface area contributed by atoms with Gasteiger partial charge in [0.05, 0.1) is 6.61 Å². The van der Waals surface area contributed by atoms with Gasteiger partial charge in [0.1, 0.15) is 5.75 Å². The second-order valence-corrected chi connectivity index (χ2v) is 7.12. The van der Waals surface area contributed by atoms with E-state index < -0.39 is 0 Å². The number of carbonyl (C=O) groups excluding carboxylic acids is 1. The molecule has 0 N–H and O–H groups in total. The van der Waals surface area contributed by atoms with Crippen LogP contribution in [0, 0.1) is 0 Å². The molecule has 27 heavy (non-hydrogen) atoms. The van der Waals surface area contributed by atoms with Crippen molar-refractivity contribution in [2.45, 2.75) is 24.5 Å². The number of fused-ring (bicyclic) bond motifs is 3. The minimum absolute atomic E-state index is 0.147. The van der Waals surface area contributed by atoms with E-state index in [1.807, 2.05) is 56.3 Å². The van der Waals surface area contributed by atoms with Crippen LogP contribution >= 0.6 is 11.8 Å². The summed E-state index contributed by atoms with van der Waals surface area (Å²) in [5, 5.41) is 4.13. The zero-order valence-corrected chi connectivity index (χ0v) is 16.1. The first-order valence-corrected chi connectivity index (χ1v) is 9.97. The molecule has 6 heteroatoms. The van der Waals surface area contributed by atoms with Crippen molar-refractivity contribution in [1.29, 1.82) is 0 Å². The Labute approximate surface area is 162 Å². The lowest BCUT2D eigenvalue weighted by Gasteiger charge is -2.21. The van der Waals surface area contributed by atoms with Gasteiger partial charge < -0.3 is 14.2 Å². The lowest BCUT2D eigenvalue weighted by atomic mass is 10.1. The van der Waals surface area contributed by atoms with E-state index in [9.17, 15) is 4.79 Å². The molecule has 4 rings (SSSR count). The van der Waals surface area contributed by atoms with Crippen molar-refractivity contribution in [1.82, 2.24) is 5.16 Å². The number of nitrogens with zero attached hydrogens (tertiary/aromatic N) is 2. The van der Waals surface area contributed by atoms with Crippen LogP contribution in [0.2, 0.25) is 0 Å². The summed E-state index contributed by atoms with van der Waals surface area (Å²) in [6, 6.07) is 15.6. The largest absolute Gasteiger partial charge is 0.494 e. The fourth-order valence-electron chi connectivity index (χ4n) is 3.21. The Bertz CT molecular complexity index is 966. The van der Waals surface area contributed by atoms with E-state index in [1.54, 1.807) is 16.7 Å². The first kappa shape index (κ1) is 17.7. The van der Waals surface area contributed by atoms with Crippen molar-refractivity contribution >= 4 is 23.4 Å². The molecular weight excluding hydrogens is 360 g/mol. The standard InChI is InChI=1S/C21H20N2O3S/c1-3-23(14-9-11-15(12-10-14)25-4-2)21(24)19-17-13-27-18-8-6-5-7-16(18)20(17)26-22-19/h5-12H,3-4,13H2,1-2H3. The molecule has 0 unspecified atom stereocenters. The van der Waals surface area contributed by atoms with Gasteiger partial charge in [-0.25, -0.2) is 0 Å². The zero-order valence-electron chi connectivity index (χ0n) is 15.3. The summed E-state index contributed by atoms with van der Waals surface area (Å²) in [4.78, 5) is 16.1. The van der Waals surface area contributed by atoms with Gasteiger partial charge in [-0.05, 0) is 50.2 Å². The Morgan fingerprint density at radius 3 is 2.70 bits per heavy atom. The van der Waals surface area contributed by atoms with Crippen LogP contribution in [0.4, 0.5) is 5.69 Å². The number of carbonyl (C=O) groups is 1. The van der Waals surface area contributed by atoms with Gasteiger partial charge in [0.15, 0.2) is 11.5 Å². The normalized spacial score (nSPS) is 12.2. The molecular formula is C21H20N2O3S. The molecule has 1 aliphatic rings. The van der Waals surface area contributed by atoms with Crippen molar-refractivity contribution in [3.05, 3.63) is 59.8 Å². The van der Waals surface area contributed by atoms with E-state index in [2.05, 4.69) is 11.2 Å². The number of anilines is 1. The average Bonchev–Trinajstić information content (AvgIpc) is 3.14. The fourth-order valence-corrected chi connectivity index (χ4v) is 4.27. The monoisotopic (exact) mass is 380 g/mol. The van der Waals surface area contributed by atoms with Crippen LogP contribution < -0.4 is 9.64 Å². The third kappa shape index (κ3) is 3.21. The van der Waals surface area contributed by atoms with Gasteiger partial charge in [0.2, 0.25) is 0 Å². The van der Waals surface area contributed by atoms with Crippen molar-refractivity contribution in [2.75, 3.05) is 18.1 Å². The lowest BCUT2D eigenvalue weighted by Crippen LogP contribution is -2.31. The number of aromatic nitrogens is 1. The quantitative estimate of drug-likeness (QED) is 0.622. The third-order valence-electron chi connectivity index (χ3n) is 4.52. The van der Waals surface area contributed by atoms with E-state index in [4.69, 9.17) is 9.26 Å². The summed E-state index contributed by atoms with van der Waals surface area (Å²) in [5.74, 6) is 2.02. The van der Waals surface area contributed by atoms with Gasteiger partial charge in [-0.3, -0.25) is 4.79 Å². The zero-order chi connectivity index (χ0) is 18.8. The summed E-state index contributed by atoms with van der Waals surface area (Å²) in [6.45, 7) is 5.04. The molecule has 3 aromatic rings. The minimum Gasteiger partial charge on any atom is -0.494 e. The minimum atomic E-state index is -0.147. The predicted molar refractivity (Wildman–Crippen MR) is 106 cm³/mol. The summed E-state index contributed by atoms with van der Waals surface area (Å²) in [6.07, 6.45) is 0. The molecule has 138 valence electrons. The molecule has 2 heterocycles. The molecule has 0 radical (unpaired) electrons. The smallest absolute Gasteiger partial charge is 0.280 e. The summed E-state index contributed by atoms with van der Waals surface area (Å²) in [7, 11) is 0. The molecule has 1 amide bonds. The molecule has 0 spiro atoms. The summed E-state index contributed by atoms with van der Waals surface area (Å²) in [5.41, 5.74) is 3.07. The third-order valence-corrected chi connectivity index (χ3v) is 5.62. The summed E-state index contributed by atoms with van der Waals surface area (Å²) >= 11 is 1.70. The molecule has 0 fully saturated rings. The van der Waals surface area contributed by atoms with E-state index in [0.717, 1.165) is 27.5 Å². The molecule has 5 nitrogen and oxygen atoms in total. The Kier molecular flexibility index (Phi) is 4.90. The topological polar surface area (TPSA) is 55.6 Å². The van der Waals surface area contributed by atoms with Gasteiger partial charge in [0.25, 0.3) is 5.91 Å². The highest BCUT2D eigenvalue weighted by Crippen LogP contribution is 2.42. The SMILES string of the molecule is CCOc1ccc(N(CC)C(=O)c2noc3c2CSc2ccccc2-3)cc1. The molecule has 0 saturated carbocycles. The van der Waals surface area contributed by atoms with E-state index in [-0.39, 0.29) is 5.91 Å². The number of hydrogen-bond donors (Lipinski definition) is 0. The van der Waals surface area contributed by atoms with Crippen LogP contribution in [-0.2, 0) is 5.75 Å². The maximum absolute atomic E-state index is 13.2. The molecule has 0 atom stereocenters. The second-order valence-electron chi connectivity index (χ2n) is 6.10. The molecule has 2 aromatic carbocycles. The number of hydrogen-bond acceptors (Lipinski definition) is 5. The molecule has 0 aliphatic carbocycles. The van der Waals surface area contributed by atoms with Crippen LogP contribution in [-0.4, -0.2) is 24.2 Å². The van der Waals surface area contributed by atoms with Crippen molar-refractivity contribution < 1.29 is 14.1 Å². The highest BCUT2D eigenvalue weighted by Gasteiger charge is 2.30. The van der Waals surface area contributed by atoms with Gasteiger partial charge in [-0.15, -0.1) is 11.8 Å². The van der Waals surface area contributed by atoms with Crippen LogP contribution in [0.1, 0.15) is 29.9 Å². The number of ether oxygens (including phenoxy) is 1. The van der Waals surface area contributed by atoms with Gasteiger partial charge in [-0.1, -0.05) is 17.3 Å². The maximum Gasteiger partial charge on any atom is 0.280 e. The average molecular weight is 380 g/mol. The Morgan fingerprint density at radius 1 is 1.19 bits per heavy atom. The number of amides is 1. The number of rotatable bonds is 5. The van der Waals surface area contributed by atoms with Gasteiger partial charge in [-0.2, -0.15) is 0 Å². The summed E-state index contributed by atoms with van der Waals surface area (Å²) < 4.78 is 11.1. The highest BCUT2D eigenvalue weighted by molar-refractivity contribution is 7.98. The second kappa shape index (κ2) is 7.48. The van der Waals surface area contributed by atoms with E-state index in [0.29, 0.717) is 30.4 Å². The fraction of sp³-hybridized carbons (Fsp3) is 0.238. The van der Waals surface area contributed by atoms with Crippen LogP contribution in [0.25, 0.3) is 11.3 Å². The first-order valence-electron chi connectivity index (χ1n) is 8.98. The molecule has 1 aromatic heterocycles. The first-order chi connectivity index (χ1) is 13.2. The Balaban J connectivity index is 1.66. The highest BCUT2D eigenvalue weighted by atomic mass is 32.2. The Hall–Kier alpha value is -2.73. The van der Waals surface area contributed by atoms with E-state index in [1.165, 1.54) is 0 Å². The molecule has 1 aliphatic heterocycles. The predicted octanol–water partition coefficient (Wildman–Crippen LogP) is 5.01. The van der Waals surface area contributed by atoms with Gasteiger partial charge >= 0.3 is 0 Å². The number of thioether (sulfide) groups is 1. The van der Waals surface area contributed by atoms with Crippen molar-refractivity contribution in [3.8, 4) is 17.1 Å². The lowest BCUT2D eigenvalue weighted by molar-refractivity contribution is 0.0979. The van der Waals surface area contributed by atoms with E-state index >= 15 is 0 Å². The van der Waals surface area contributed by atoms with Crippen LogP contribution in [0.15, 0.2) is 57.9 Å². The maximum atomic E-state index is 13.2. The molecule has 0 saturated heterocycles.